The van der Waals surface area contributed by atoms with Gasteiger partial charge in [0.2, 0.25) is 23.6 Å². The summed E-state index contributed by atoms with van der Waals surface area (Å²) in [7, 11) is 1.70. The Kier molecular flexibility index (Phi) is 17.3. The van der Waals surface area contributed by atoms with Crippen LogP contribution < -0.4 is 27.0 Å². The minimum atomic E-state index is -0.903. The SMILES string of the molecule is CCc1ccc(NC(=O)[C@H](CCCNC(N)=O)NC(=O)C(NC(=O)CCCCCN(C)C(=O)C(C)CC=O)C(C)C)cc1. The standard InChI is InChI=1S/C31H50N6O6/c1-6-23-13-15-24(16-14-23)34-28(40)25(11-10-18-33-31(32)43)35-29(41)27(21(2)3)36-26(39)12-8-7-9-19-37(5)30(42)22(4)17-20-38/h13-16,20-22,25,27H,6-12,17-19H2,1-5H3,(H,34,40)(H,35,41)(H,36,39)(H3,32,33,43)/t22?,25-,27?/m0/s1. The van der Waals surface area contributed by atoms with E-state index in [1.807, 2.05) is 32.9 Å². The number of urea groups is 1. The highest BCUT2D eigenvalue weighted by atomic mass is 16.2. The summed E-state index contributed by atoms with van der Waals surface area (Å²) in [6.07, 6.45) is 4.66. The van der Waals surface area contributed by atoms with Crippen molar-refractivity contribution in [3.8, 4) is 0 Å². The number of hydrogen-bond acceptors (Lipinski definition) is 6. The third-order valence-corrected chi connectivity index (χ3v) is 7.14. The lowest BCUT2D eigenvalue weighted by Crippen LogP contribution is -2.54. The molecule has 12 heteroatoms. The minimum Gasteiger partial charge on any atom is -0.352 e. The second-order valence-electron chi connectivity index (χ2n) is 11.2. The third-order valence-electron chi connectivity index (χ3n) is 7.14. The first kappa shape index (κ1) is 37.1. The zero-order valence-electron chi connectivity index (χ0n) is 26.2. The molecular weight excluding hydrogens is 552 g/mol. The molecule has 0 aromatic heterocycles. The second kappa shape index (κ2) is 20.0. The number of anilines is 1. The molecule has 0 aliphatic heterocycles. The molecule has 1 aromatic rings. The fourth-order valence-electron chi connectivity index (χ4n) is 4.42. The molecule has 6 amide bonds. The lowest BCUT2D eigenvalue weighted by atomic mass is 10.0. The van der Waals surface area contributed by atoms with Crippen LogP contribution in [0.4, 0.5) is 10.5 Å². The third kappa shape index (κ3) is 14.7. The van der Waals surface area contributed by atoms with Crippen molar-refractivity contribution in [1.82, 2.24) is 20.9 Å². The Balaban J connectivity index is 2.70. The molecule has 0 heterocycles. The largest absolute Gasteiger partial charge is 0.352 e. The van der Waals surface area contributed by atoms with Crippen LogP contribution in [0.3, 0.4) is 0 Å². The van der Waals surface area contributed by atoms with Crippen LogP contribution in [0.25, 0.3) is 0 Å². The molecule has 1 rings (SSSR count). The monoisotopic (exact) mass is 602 g/mol. The van der Waals surface area contributed by atoms with Crippen molar-refractivity contribution in [2.45, 2.75) is 91.1 Å². The van der Waals surface area contributed by atoms with Crippen molar-refractivity contribution in [3.05, 3.63) is 29.8 Å². The van der Waals surface area contributed by atoms with E-state index in [0.717, 1.165) is 18.3 Å². The van der Waals surface area contributed by atoms with Crippen LogP contribution in [-0.2, 0) is 30.4 Å². The van der Waals surface area contributed by atoms with Crippen LogP contribution in [-0.4, -0.2) is 73.1 Å². The average Bonchev–Trinajstić information content (AvgIpc) is 2.96. The summed E-state index contributed by atoms with van der Waals surface area (Å²) >= 11 is 0. The first-order valence-corrected chi connectivity index (χ1v) is 15.1. The molecular formula is C31H50N6O6. The molecule has 1 aromatic carbocycles. The summed E-state index contributed by atoms with van der Waals surface area (Å²) in [6.45, 7) is 8.15. The number of benzene rings is 1. The predicted octanol–water partition coefficient (Wildman–Crippen LogP) is 2.51. The van der Waals surface area contributed by atoms with Gasteiger partial charge < -0.3 is 36.7 Å². The van der Waals surface area contributed by atoms with Gasteiger partial charge in [-0.25, -0.2) is 4.79 Å². The Hall–Kier alpha value is -3.96. The van der Waals surface area contributed by atoms with E-state index in [9.17, 15) is 28.8 Å². The Morgan fingerprint density at radius 3 is 2.19 bits per heavy atom. The number of unbranched alkanes of at least 4 members (excludes halogenated alkanes) is 2. The first-order chi connectivity index (χ1) is 20.4. The number of rotatable bonds is 20. The van der Waals surface area contributed by atoms with Gasteiger partial charge >= 0.3 is 6.03 Å². The summed E-state index contributed by atoms with van der Waals surface area (Å²) in [6, 6.07) is 5.00. The molecule has 43 heavy (non-hydrogen) atoms. The van der Waals surface area contributed by atoms with Gasteiger partial charge in [0.05, 0.1) is 0 Å². The van der Waals surface area contributed by atoms with Gasteiger partial charge in [0.25, 0.3) is 0 Å². The van der Waals surface area contributed by atoms with E-state index in [-0.39, 0.29) is 49.5 Å². The van der Waals surface area contributed by atoms with Gasteiger partial charge in [0, 0.05) is 44.6 Å². The van der Waals surface area contributed by atoms with Gasteiger partial charge in [0.1, 0.15) is 18.4 Å². The number of primary amides is 1. The molecule has 0 saturated heterocycles. The highest BCUT2D eigenvalue weighted by Gasteiger charge is 2.28. The molecule has 0 aliphatic rings. The number of nitrogens with two attached hydrogens (primary N) is 1. The number of carbonyl (C=O) groups excluding carboxylic acids is 6. The molecule has 0 aliphatic carbocycles. The average molecular weight is 603 g/mol. The van der Waals surface area contributed by atoms with Crippen molar-refractivity contribution in [1.29, 1.82) is 0 Å². The topological polar surface area (TPSA) is 180 Å². The highest BCUT2D eigenvalue weighted by molar-refractivity contribution is 5.98. The minimum absolute atomic E-state index is 0.0823. The Morgan fingerprint density at radius 2 is 1.60 bits per heavy atom. The summed E-state index contributed by atoms with van der Waals surface area (Å²) < 4.78 is 0. The number of carbonyl (C=O) groups is 6. The molecule has 0 spiro atoms. The molecule has 0 fully saturated rings. The smallest absolute Gasteiger partial charge is 0.312 e. The van der Waals surface area contributed by atoms with E-state index in [2.05, 4.69) is 21.3 Å². The number of nitrogens with one attached hydrogen (secondary N) is 4. The summed E-state index contributed by atoms with van der Waals surface area (Å²) in [4.78, 5) is 74.6. The van der Waals surface area contributed by atoms with Gasteiger partial charge in [-0.3, -0.25) is 19.2 Å². The maximum absolute atomic E-state index is 13.3. The van der Waals surface area contributed by atoms with Crippen LogP contribution in [0.15, 0.2) is 24.3 Å². The summed E-state index contributed by atoms with van der Waals surface area (Å²) in [5.74, 6) is -1.83. The summed E-state index contributed by atoms with van der Waals surface area (Å²) in [5.41, 5.74) is 6.85. The second-order valence-corrected chi connectivity index (χ2v) is 11.2. The zero-order chi connectivity index (χ0) is 32.4. The van der Waals surface area contributed by atoms with Gasteiger partial charge in [-0.2, -0.15) is 0 Å². The molecule has 0 radical (unpaired) electrons. The molecule has 6 N–H and O–H groups in total. The number of amides is 6. The van der Waals surface area contributed by atoms with Gasteiger partial charge in [-0.05, 0) is 55.7 Å². The first-order valence-electron chi connectivity index (χ1n) is 15.1. The normalized spacial score (nSPS) is 12.9. The molecule has 12 nitrogen and oxygen atoms in total. The zero-order valence-corrected chi connectivity index (χ0v) is 26.2. The lowest BCUT2D eigenvalue weighted by Gasteiger charge is -2.25. The van der Waals surface area contributed by atoms with E-state index in [1.165, 1.54) is 0 Å². The number of nitrogens with zero attached hydrogens (tertiary/aromatic N) is 1. The van der Waals surface area contributed by atoms with E-state index in [1.54, 1.807) is 31.0 Å². The Bertz CT molecular complexity index is 1060. The van der Waals surface area contributed by atoms with Crippen LogP contribution in [0, 0.1) is 11.8 Å². The maximum atomic E-state index is 13.3. The van der Waals surface area contributed by atoms with Gasteiger partial charge in [-0.15, -0.1) is 0 Å². The number of aryl methyl sites for hydroxylation is 1. The molecule has 2 unspecified atom stereocenters. The Morgan fingerprint density at radius 1 is 0.930 bits per heavy atom. The van der Waals surface area contributed by atoms with Crippen LogP contribution in [0.2, 0.25) is 0 Å². The van der Waals surface area contributed by atoms with Crippen molar-refractivity contribution in [3.63, 3.8) is 0 Å². The van der Waals surface area contributed by atoms with Crippen LogP contribution >= 0.6 is 0 Å². The molecule has 0 saturated carbocycles. The van der Waals surface area contributed by atoms with E-state index < -0.39 is 29.9 Å². The number of aldehydes is 1. The number of hydrogen-bond donors (Lipinski definition) is 5. The van der Waals surface area contributed by atoms with Crippen LogP contribution in [0.1, 0.15) is 78.2 Å². The van der Waals surface area contributed by atoms with Crippen molar-refractivity contribution in [2.24, 2.45) is 17.6 Å². The summed E-state index contributed by atoms with van der Waals surface area (Å²) in [5, 5.41) is 10.9. The molecule has 3 atom stereocenters. The fraction of sp³-hybridized carbons (Fsp3) is 0.613. The van der Waals surface area contributed by atoms with Crippen molar-refractivity contribution >= 4 is 41.6 Å². The van der Waals surface area contributed by atoms with Crippen molar-refractivity contribution < 1.29 is 28.8 Å². The molecule has 240 valence electrons. The lowest BCUT2D eigenvalue weighted by molar-refractivity contribution is -0.135. The highest BCUT2D eigenvalue weighted by Crippen LogP contribution is 2.13. The fourth-order valence-corrected chi connectivity index (χ4v) is 4.42. The van der Waals surface area contributed by atoms with Gasteiger partial charge in [0.15, 0.2) is 0 Å². The van der Waals surface area contributed by atoms with Crippen molar-refractivity contribution in [2.75, 3.05) is 25.5 Å². The quantitative estimate of drug-likeness (QED) is 0.113. The predicted molar refractivity (Wildman–Crippen MR) is 166 cm³/mol. The maximum Gasteiger partial charge on any atom is 0.312 e. The van der Waals surface area contributed by atoms with Crippen LogP contribution in [0.5, 0.6) is 0 Å². The Labute approximate surface area is 255 Å². The molecule has 0 bridgehead atoms. The van der Waals surface area contributed by atoms with E-state index in [4.69, 9.17) is 5.73 Å². The van der Waals surface area contributed by atoms with Gasteiger partial charge in [-0.1, -0.05) is 46.2 Å². The van der Waals surface area contributed by atoms with E-state index in [0.29, 0.717) is 37.9 Å². The van der Waals surface area contributed by atoms with E-state index >= 15 is 0 Å².